The largest absolute Gasteiger partial charge is 0.310 e. The molecule has 1 atom stereocenters. The molecule has 1 unspecified atom stereocenters. The third-order valence-electron chi connectivity index (χ3n) is 4.05. The minimum absolute atomic E-state index is 0.371. The number of nitrogens with zero attached hydrogens (tertiary/aromatic N) is 1. The van der Waals surface area contributed by atoms with Gasteiger partial charge in [0.15, 0.2) is 0 Å². The Morgan fingerprint density at radius 1 is 1.35 bits per heavy atom. The lowest BCUT2D eigenvalue weighted by Gasteiger charge is -2.36. The predicted molar refractivity (Wildman–Crippen MR) is 79.9 cm³/mol. The van der Waals surface area contributed by atoms with Crippen LogP contribution in [0.3, 0.4) is 0 Å². The standard InChI is InChI=1S/C14H30N2S/c1-5-14(6-2)12-16(9-7-8-15-14)10-13(3)11-17-4/h13,15H,5-12H2,1-4H3. The van der Waals surface area contributed by atoms with Gasteiger partial charge in [-0.15, -0.1) is 0 Å². The van der Waals surface area contributed by atoms with Gasteiger partial charge in [0.2, 0.25) is 0 Å². The van der Waals surface area contributed by atoms with E-state index in [1.807, 2.05) is 11.8 Å². The second-order valence-corrected chi connectivity index (χ2v) is 6.47. The van der Waals surface area contributed by atoms with Crippen LogP contribution in [-0.4, -0.2) is 48.6 Å². The molecule has 0 aliphatic carbocycles. The molecule has 17 heavy (non-hydrogen) atoms. The fraction of sp³-hybridized carbons (Fsp3) is 1.00. The molecule has 1 N–H and O–H groups in total. The summed E-state index contributed by atoms with van der Waals surface area (Å²) in [6, 6.07) is 0. The highest BCUT2D eigenvalue weighted by Crippen LogP contribution is 2.20. The van der Waals surface area contributed by atoms with E-state index in [1.54, 1.807) is 0 Å². The van der Waals surface area contributed by atoms with Crippen LogP contribution in [0.15, 0.2) is 0 Å². The highest BCUT2D eigenvalue weighted by molar-refractivity contribution is 7.98. The number of rotatable bonds is 6. The molecule has 1 rings (SSSR count). The molecule has 0 amide bonds. The lowest BCUT2D eigenvalue weighted by atomic mass is 9.92. The molecule has 0 spiro atoms. The molecule has 1 heterocycles. The van der Waals surface area contributed by atoms with Crippen molar-refractivity contribution >= 4 is 11.8 Å². The minimum Gasteiger partial charge on any atom is -0.310 e. The summed E-state index contributed by atoms with van der Waals surface area (Å²) in [4.78, 5) is 2.69. The summed E-state index contributed by atoms with van der Waals surface area (Å²) in [6.07, 6.45) is 6.00. The fourth-order valence-corrected chi connectivity index (χ4v) is 3.55. The molecule has 102 valence electrons. The molecule has 1 saturated heterocycles. The minimum atomic E-state index is 0.371. The Morgan fingerprint density at radius 3 is 2.65 bits per heavy atom. The maximum atomic E-state index is 3.78. The maximum Gasteiger partial charge on any atom is 0.0303 e. The van der Waals surface area contributed by atoms with Gasteiger partial charge >= 0.3 is 0 Å². The van der Waals surface area contributed by atoms with Crippen LogP contribution < -0.4 is 5.32 Å². The van der Waals surface area contributed by atoms with Gasteiger partial charge in [0.25, 0.3) is 0 Å². The highest BCUT2D eigenvalue weighted by atomic mass is 32.2. The maximum absolute atomic E-state index is 3.78. The summed E-state index contributed by atoms with van der Waals surface area (Å²) in [5.74, 6) is 2.10. The Labute approximate surface area is 112 Å². The molecule has 3 heteroatoms. The molecular formula is C14H30N2S. The number of hydrogen-bond acceptors (Lipinski definition) is 3. The zero-order chi connectivity index (χ0) is 12.7. The Balaban J connectivity index is 2.53. The second-order valence-electron chi connectivity index (χ2n) is 5.56. The molecule has 2 nitrogen and oxygen atoms in total. The van der Waals surface area contributed by atoms with Gasteiger partial charge in [-0.2, -0.15) is 11.8 Å². The SMILES string of the molecule is CCC1(CC)CN(CC(C)CSC)CCCN1. The lowest BCUT2D eigenvalue weighted by molar-refractivity contribution is 0.182. The molecule has 0 bridgehead atoms. The molecule has 0 saturated carbocycles. The molecule has 0 aromatic rings. The molecular weight excluding hydrogens is 228 g/mol. The first kappa shape index (κ1) is 15.3. The molecule has 0 radical (unpaired) electrons. The van der Waals surface area contributed by atoms with Gasteiger partial charge in [-0.1, -0.05) is 20.8 Å². The van der Waals surface area contributed by atoms with Crippen molar-refractivity contribution in [2.45, 2.75) is 45.6 Å². The van der Waals surface area contributed by atoms with Gasteiger partial charge < -0.3 is 10.2 Å². The summed E-state index contributed by atoms with van der Waals surface area (Å²) in [5, 5.41) is 3.78. The normalized spacial score (nSPS) is 23.3. The summed E-state index contributed by atoms with van der Waals surface area (Å²) in [7, 11) is 0. The van der Waals surface area contributed by atoms with Crippen molar-refractivity contribution in [2.75, 3.05) is 38.2 Å². The van der Waals surface area contributed by atoms with E-state index in [-0.39, 0.29) is 0 Å². The Hall–Kier alpha value is 0.270. The summed E-state index contributed by atoms with van der Waals surface area (Å²) in [6.45, 7) is 12.0. The van der Waals surface area contributed by atoms with Gasteiger partial charge in [0.1, 0.15) is 0 Å². The van der Waals surface area contributed by atoms with E-state index >= 15 is 0 Å². The molecule has 1 aliphatic rings. The lowest BCUT2D eigenvalue weighted by Crippen LogP contribution is -2.51. The number of hydrogen-bond donors (Lipinski definition) is 1. The van der Waals surface area contributed by atoms with Crippen LogP contribution in [0, 0.1) is 5.92 Å². The first-order valence-corrected chi connectivity index (χ1v) is 8.51. The topological polar surface area (TPSA) is 15.3 Å². The van der Waals surface area contributed by atoms with E-state index < -0.39 is 0 Å². The molecule has 1 fully saturated rings. The van der Waals surface area contributed by atoms with E-state index in [9.17, 15) is 0 Å². The summed E-state index contributed by atoms with van der Waals surface area (Å²) >= 11 is 1.97. The summed E-state index contributed by atoms with van der Waals surface area (Å²) in [5.41, 5.74) is 0.371. The zero-order valence-electron chi connectivity index (χ0n) is 12.1. The van der Waals surface area contributed by atoms with Gasteiger partial charge in [-0.3, -0.25) is 0 Å². The Bertz CT molecular complexity index is 204. The van der Waals surface area contributed by atoms with E-state index in [2.05, 4.69) is 37.2 Å². The number of thioether (sulfide) groups is 1. The van der Waals surface area contributed by atoms with Crippen LogP contribution in [-0.2, 0) is 0 Å². The Morgan fingerprint density at radius 2 is 2.06 bits per heavy atom. The fourth-order valence-electron chi connectivity index (χ4n) is 2.88. The van der Waals surface area contributed by atoms with Crippen LogP contribution in [0.5, 0.6) is 0 Å². The van der Waals surface area contributed by atoms with Crippen molar-refractivity contribution in [2.24, 2.45) is 5.92 Å². The van der Waals surface area contributed by atoms with Gasteiger partial charge in [-0.25, -0.2) is 0 Å². The molecule has 1 aliphatic heterocycles. The van der Waals surface area contributed by atoms with Gasteiger partial charge in [0, 0.05) is 18.6 Å². The third kappa shape index (κ3) is 4.80. The van der Waals surface area contributed by atoms with Crippen LogP contribution in [0.2, 0.25) is 0 Å². The van der Waals surface area contributed by atoms with Gasteiger partial charge in [0.05, 0.1) is 0 Å². The van der Waals surface area contributed by atoms with E-state index in [0.717, 1.165) is 5.92 Å². The second kappa shape index (κ2) is 7.65. The van der Waals surface area contributed by atoms with Crippen LogP contribution in [0.4, 0.5) is 0 Å². The van der Waals surface area contributed by atoms with Crippen LogP contribution >= 0.6 is 11.8 Å². The van der Waals surface area contributed by atoms with Crippen molar-refractivity contribution in [3.8, 4) is 0 Å². The first-order valence-electron chi connectivity index (χ1n) is 7.12. The van der Waals surface area contributed by atoms with Crippen LogP contribution in [0.1, 0.15) is 40.0 Å². The predicted octanol–water partition coefficient (Wildman–Crippen LogP) is 2.84. The van der Waals surface area contributed by atoms with Crippen LogP contribution in [0.25, 0.3) is 0 Å². The smallest absolute Gasteiger partial charge is 0.0303 e. The van der Waals surface area contributed by atoms with E-state index in [4.69, 9.17) is 0 Å². The average molecular weight is 258 g/mol. The van der Waals surface area contributed by atoms with E-state index in [0.29, 0.717) is 5.54 Å². The quantitative estimate of drug-likeness (QED) is 0.789. The highest BCUT2D eigenvalue weighted by Gasteiger charge is 2.30. The summed E-state index contributed by atoms with van der Waals surface area (Å²) < 4.78 is 0. The van der Waals surface area contributed by atoms with Crippen molar-refractivity contribution < 1.29 is 0 Å². The number of nitrogens with one attached hydrogen (secondary N) is 1. The van der Waals surface area contributed by atoms with E-state index in [1.165, 1.54) is 51.2 Å². The first-order chi connectivity index (χ1) is 8.15. The zero-order valence-corrected chi connectivity index (χ0v) is 12.9. The molecule has 0 aromatic heterocycles. The van der Waals surface area contributed by atoms with Crippen molar-refractivity contribution in [1.29, 1.82) is 0 Å². The van der Waals surface area contributed by atoms with Gasteiger partial charge in [-0.05, 0) is 50.3 Å². The monoisotopic (exact) mass is 258 g/mol. The Kier molecular flexibility index (Phi) is 6.90. The average Bonchev–Trinajstić information content (AvgIpc) is 2.52. The van der Waals surface area contributed by atoms with Crippen molar-refractivity contribution in [1.82, 2.24) is 10.2 Å². The van der Waals surface area contributed by atoms with Crippen molar-refractivity contribution in [3.63, 3.8) is 0 Å². The third-order valence-corrected chi connectivity index (χ3v) is 4.95. The molecule has 0 aromatic carbocycles. The van der Waals surface area contributed by atoms with Crippen molar-refractivity contribution in [3.05, 3.63) is 0 Å².